The Kier molecular flexibility index (Phi) is 4.96. The molecule has 0 fully saturated rings. The van der Waals surface area contributed by atoms with Gasteiger partial charge < -0.3 is 10.8 Å². The average Bonchev–Trinajstić information content (AvgIpc) is 2.25. The zero-order valence-electron chi connectivity index (χ0n) is 9.24. The van der Waals surface area contributed by atoms with E-state index in [2.05, 4.69) is 22.9 Å². The van der Waals surface area contributed by atoms with Gasteiger partial charge in [-0.1, -0.05) is 28.9 Å². The molecule has 1 unspecified atom stereocenters. The molecule has 0 aliphatic heterocycles. The van der Waals surface area contributed by atoms with Crippen LogP contribution in [0.25, 0.3) is 0 Å². The molecule has 0 spiro atoms. The zero-order chi connectivity index (χ0) is 12.1. The number of carboxylic acid groups (broad SMARTS) is 1. The summed E-state index contributed by atoms with van der Waals surface area (Å²) in [6.07, 6.45) is 1.49. The molecule has 0 saturated heterocycles. The molecule has 1 atom stereocenters. The summed E-state index contributed by atoms with van der Waals surface area (Å²) in [5.74, 6) is -0.802. The van der Waals surface area contributed by atoms with E-state index in [1.807, 2.05) is 18.2 Å². The summed E-state index contributed by atoms with van der Waals surface area (Å²) in [7, 11) is 0. The van der Waals surface area contributed by atoms with Crippen molar-refractivity contribution >= 4 is 21.9 Å². The summed E-state index contributed by atoms with van der Waals surface area (Å²) in [6.45, 7) is 2.07. The van der Waals surface area contributed by atoms with Crippen LogP contribution < -0.4 is 5.73 Å². The number of hydrogen-bond acceptors (Lipinski definition) is 2. The van der Waals surface area contributed by atoms with Crippen molar-refractivity contribution in [3.63, 3.8) is 0 Å². The van der Waals surface area contributed by atoms with Crippen LogP contribution in [0.5, 0.6) is 0 Å². The molecule has 88 valence electrons. The number of benzene rings is 1. The first-order valence-corrected chi connectivity index (χ1v) is 6.09. The van der Waals surface area contributed by atoms with Crippen LogP contribution in [0.2, 0.25) is 0 Å². The van der Waals surface area contributed by atoms with Crippen molar-refractivity contribution in [3.05, 3.63) is 33.8 Å². The van der Waals surface area contributed by atoms with Crippen LogP contribution in [-0.4, -0.2) is 11.1 Å². The molecule has 1 aromatic carbocycles. The first kappa shape index (κ1) is 13.2. The van der Waals surface area contributed by atoms with E-state index in [1.54, 1.807) is 0 Å². The Balaban J connectivity index is 2.84. The largest absolute Gasteiger partial charge is 0.481 e. The first-order chi connectivity index (χ1) is 7.54. The number of carboxylic acids is 1. The van der Waals surface area contributed by atoms with Crippen molar-refractivity contribution in [2.24, 2.45) is 5.73 Å². The quantitative estimate of drug-likeness (QED) is 0.874. The van der Waals surface area contributed by atoms with Crippen molar-refractivity contribution in [1.29, 1.82) is 0 Å². The third kappa shape index (κ3) is 3.61. The molecule has 1 aromatic rings. The second-order valence-electron chi connectivity index (χ2n) is 3.74. The highest BCUT2D eigenvalue weighted by atomic mass is 79.9. The van der Waals surface area contributed by atoms with E-state index in [1.165, 1.54) is 5.56 Å². The fourth-order valence-electron chi connectivity index (χ4n) is 1.67. The standard InChI is InChI=1S/C12H16BrNO2/c1-2-8-3-4-9(13)7-10(8)11(14)5-6-12(15)16/h3-4,7,11H,2,5-6,14H2,1H3,(H,15,16). The van der Waals surface area contributed by atoms with Gasteiger partial charge >= 0.3 is 5.97 Å². The van der Waals surface area contributed by atoms with Gasteiger partial charge in [-0.15, -0.1) is 0 Å². The van der Waals surface area contributed by atoms with Crippen molar-refractivity contribution in [2.75, 3.05) is 0 Å². The molecular weight excluding hydrogens is 270 g/mol. The summed E-state index contributed by atoms with van der Waals surface area (Å²) in [6, 6.07) is 5.78. The van der Waals surface area contributed by atoms with Crippen molar-refractivity contribution in [3.8, 4) is 0 Å². The van der Waals surface area contributed by atoms with Gasteiger partial charge in [-0.2, -0.15) is 0 Å². The molecule has 1 rings (SSSR count). The Morgan fingerprint density at radius 2 is 2.25 bits per heavy atom. The van der Waals surface area contributed by atoms with Gasteiger partial charge in [0.2, 0.25) is 0 Å². The van der Waals surface area contributed by atoms with Gasteiger partial charge in [0, 0.05) is 16.9 Å². The van der Waals surface area contributed by atoms with E-state index < -0.39 is 5.97 Å². The van der Waals surface area contributed by atoms with Gasteiger partial charge in [-0.3, -0.25) is 4.79 Å². The average molecular weight is 286 g/mol. The fraction of sp³-hybridized carbons (Fsp3) is 0.417. The molecule has 0 aromatic heterocycles. The highest BCUT2D eigenvalue weighted by Gasteiger charge is 2.12. The molecule has 0 aliphatic rings. The predicted octanol–water partition coefficient (Wildman–Crippen LogP) is 2.88. The Labute approximate surface area is 104 Å². The van der Waals surface area contributed by atoms with Crippen LogP contribution in [0.1, 0.15) is 36.9 Å². The lowest BCUT2D eigenvalue weighted by Crippen LogP contribution is -2.14. The Bertz CT molecular complexity index is 379. The van der Waals surface area contributed by atoms with Gasteiger partial charge in [-0.25, -0.2) is 0 Å². The van der Waals surface area contributed by atoms with E-state index in [0.717, 1.165) is 16.5 Å². The van der Waals surface area contributed by atoms with E-state index in [-0.39, 0.29) is 12.5 Å². The summed E-state index contributed by atoms with van der Waals surface area (Å²) in [5.41, 5.74) is 8.23. The topological polar surface area (TPSA) is 63.3 Å². The summed E-state index contributed by atoms with van der Waals surface area (Å²) in [5, 5.41) is 8.63. The summed E-state index contributed by atoms with van der Waals surface area (Å²) in [4.78, 5) is 10.5. The lowest BCUT2D eigenvalue weighted by Gasteiger charge is -2.15. The number of carbonyl (C=O) groups is 1. The van der Waals surface area contributed by atoms with Crippen molar-refractivity contribution < 1.29 is 9.90 Å². The normalized spacial score (nSPS) is 12.4. The molecule has 0 radical (unpaired) electrons. The number of aliphatic carboxylic acids is 1. The number of rotatable bonds is 5. The van der Waals surface area contributed by atoms with Gasteiger partial charge in [-0.05, 0) is 36.1 Å². The second-order valence-corrected chi connectivity index (χ2v) is 4.65. The third-order valence-corrected chi connectivity index (χ3v) is 3.05. The molecule has 0 heterocycles. The highest BCUT2D eigenvalue weighted by molar-refractivity contribution is 9.10. The van der Waals surface area contributed by atoms with Crippen LogP contribution >= 0.6 is 15.9 Å². The number of aryl methyl sites for hydroxylation is 1. The number of halogens is 1. The molecule has 0 aliphatic carbocycles. The van der Waals surface area contributed by atoms with Crippen LogP contribution in [0.3, 0.4) is 0 Å². The molecule has 0 amide bonds. The Morgan fingerprint density at radius 3 is 2.81 bits per heavy atom. The molecule has 3 nitrogen and oxygen atoms in total. The van der Waals surface area contributed by atoms with Crippen LogP contribution in [-0.2, 0) is 11.2 Å². The SMILES string of the molecule is CCc1ccc(Br)cc1C(N)CCC(=O)O. The fourth-order valence-corrected chi connectivity index (χ4v) is 2.05. The number of hydrogen-bond donors (Lipinski definition) is 2. The molecule has 16 heavy (non-hydrogen) atoms. The first-order valence-electron chi connectivity index (χ1n) is 5.30. The molecule has 0 bridgehead atoms. The van der Waals surface area contributed by atoms with Gasteiger partial charge in [0.1, 0.15) is 0 Å². The molecule has 0 saturated carbocycles. The lowest BCUT2D eigenvalue weighted by molar-refractivity contribution is -0.137. The Hall–Kier alpha value is -0.870. The maximum atomic E-state index is 10.5. The van der Waals surface area contributed by atoms with Crippen molar-refractivity contribution in [1.82, 2.24) is 0 Å². The zero-order valence-corrected chi connectivity index (χ0v) is 10.8. The Morgan fingerprint density at radius 1 is 1.56 bits per heavy atom. The second kappa shape index (κ2) is 6.01. The summed E-state index contributed by atoms with van der Waals surface area (Å²) >= 11 is 3.40. The minimum Gasteiger partial charge on any atom is -0.481 e. The van der Waals surface area contributed by atoms with Gasteiger partial charge in [0.15, 0.2) is 0 Å². The molecular formula is C12H16BrNO2. The lowest BCUT2D eigenvalue weighted by atomic mass is 9.96. The minimum absolute atomic E-state index is 0.108. The van der Waals surface area contributed by atoms with E-state index in [9.17, 15) is 4.79 Å². The third-order valence-electron chi connectivity index (χ3n) is 2.56. The van der Waals surface area contributed by atoms with Crippen molar-refractivity contribution in [2.45, 2.75) is 32.2 Å². The molecule has 3 N–H and O–H groups in total. The maximum Gasteiger partial charge on any atom is 0.303 e. The monoisotopic (exact) mass is 285 g/mol. The summed E-state index contributed by atoms with van der Waals surface area (Å²) < 4.78 is 0.977. The minimum atomic E-state index is -0.802. The smallest absolute Gasteiger partial charge is 0.303 e. The van der Waals surface area contributed by atoms with Crippen LogP contribution in [0.15, 0.2) is 22.7 Å². The van der Waals surface area contributed by atoms with Gasteiger partial charge in [0.05, 0.1) is 0 Å². The van der Waals surface area contributed by atoms with Crippen LogP contribution in [0, 0.1) is 0 Å². The molecule has 4 heteroatoms. The van der Waals surface area contributed by atoms with E-state index in [4.69, 9.17) is 10.8 Å². The maximum absolute atomic E-state index is 10.5. The predicted molar refractivity (Wildman–Crippen MR) is 67.3 cm³/mol. The van der Waals surface area contributed by atoms with E-state index in [0.29, 0.717) is 6.42 Å². The van der Waals surface area contributed by atoms with Crippen LogP contribution in [0.4, 0.5) is 0 Å². The highest BCUT2D eigenvalue weighted by Crippen LogP contribution is 2.24. The van der Waals surface area contributed by atoms with Gasteiger partial charge in [0.25, 0.3) is 0 Å². The number of nitrogens with two attached hydrogens (primary N) is 1. The van der Waals surface area contributed by atoms with E-state index >= 15 is 0 Å².